The van der Waals surface area contributed by atoms with Crippen LogP contribution in [-0.2, 0) is 7.05 Å². The van der Waals surface area contributed by atoms with Gasteiger partial charge in [0.05, 0.1) is 11.2 Å². The molecule has 0 bridgehead atoms. The van der Waals surface area contributed by atoms with Crippen LogP contribution in [0, 0.1) is 6.92 Å². The van der Waals surface area contributed by atoms with Crippen LogP contribution < -0.4 is 0 Å². The van der Waals surface area contributed by atoms with Gasteiger partial charge in [0, 0.05) is 17.8 Å². The molecule has 0 fully saturated rings. The van der Waals surface area contributed by atoms with Crippen molar-refractivity contribution in [3.05, 3.63) is 35.5 Å². The first kappa shape index (κ1) is 9.21. The van der Waals surface area contributed by atoms with Gasteiger partial charge < -0.3 is 9.55 Å². The Bertz CT molecular complexity index is 703. The van der Waals surface area contributed by atoms with Gasteiger partial charge in [0.2, 0.25) is 0 Å². The molecule has 0 aliphatic carbocycles. The van der Waals surface area contributed by atoms with Crippen molar-refractivity contribution < 1.29 is 4.79 Å². The molecule has 2 aromatic heterocycles. The predicted octanol–water partition coefficient (Wildman–Crippen LogP) is 2.78. The molecule has 2 heterocycles. The summed E-state index contributed by atoms with van der Waals surface area (Å²) in [6.07, 6.45) is 0.849. The molecular weight excluding hydrogens is 200 g/mol. The minimum atomic E-state index is 0.629. The SMILES string of the molecule is Cc1ccc2c(c1)c1cc(C=O)[nH]c1n2C. The number of carbonyl (C=O) groups excluding carboxylic acids is 1. The monoisotopic (exact) mass is 212 g/mol. The maximum Gasteiger partial charge on any atom is 0.166 e. The van der Waals surface area contributed by atoms with E-state index >= 15 is 0 Å². The highest BCUT2D eigenvalue weighted by Gasteiger charge is 2.10. The van der Waals surface area contributed by atoms with Gasteiger partial charge in [0.25, 0.3) is 0 Å². The van der Waals surface area contributed by atoms with Gasteiger partial charge in [-0.05, 0) is 25.1 Å². The smallest absolute Gasteiger partial charge is 0.166 e. The zero-order chi connectivity index (χ0) is 11.3. The number of aromatic amines is 1. The van der Waals surface area contributed by atoms with Gasteiger partial charge >= 0.3 is 0 Å². The molecule has 3 heteroatoms. The van der Waals surface area contributed by atoms with E-state index in [4.69, 9.17) is 0 Å². The van der Waals surface area contributed by atoms with Crippen molar-refractivity contribution in [3.8, 4) is 0 Å². The molecule has 3 aromatic rings. The van der Waals surface area contributed by atoms with Gasteiger partial charge in [0.15, 0.2) is 6.29 Å². The van der Waals surface area contributed by atoms with E-state index in [1.807, 2.05) is 13.1 Å². The summed E-state index contributed by atoms with van der Waals surface area (Å²) in [5.74, 6) is 0. The molecule has 0 unspecified atom stereocenters. The Hall–Kier alpha value is -2.03. The summed E-state index contributed by atoms with van der Waals surface area (Å²) in [5.41, 5.74) is 4.05. The van der Waals surface area contributed by atoms with E-state index in [-0.39, 0.29) is 0 Å². The zero-order valence-electron chi connectivity index (χ0n) is 9.24. The Labute approximate surface area is 92.7 Å². The number of nitrogens with zero attached hydrogens (tertiary/aromatic N) is 1. The molecule has 1 aromatic carbocycles. The number of aromatic nitrogens is 2. The highest BCUT2D eigenvalue weighted by atomic mass is 16.1. The Morgan fingerprint density at radius 3 is 2.81 bits per heavy atom. The number of carbonyl (C=O) groups is 1. The van der Waals surface area contributed by atoms with E-state index in [9.17, 15) is 4.79 Å². The van der Waals surface area contributed by atoms with Crippen molar-refractivity contribution in [1.82, 2.24) is 9.55 Å². The lowest BCUT2D eigenvalue weighted by molar-refractivity contribution is 0.111. The van der Waals surface area contributed by atoms with Crippen LogP contribution in [0.25, 0.3) is 21.9 Å². The van der Waals surface area contributed by atoms with Crippen molar-refractivity contribution in [2.45, 2.75) is 6.92 Å². The van der Waals surface area contributed by atoms with Crippen LogP contribution in [0.5, 0.6) is 0 Å². The second kappa shape index (κ2) is 2.98. The largest absolute Gasteiger partial charge is 0.338 e. The average molecular weight is 212 g/mol. The Balaban J connectivity index is 2.54. The standard InChI is InChI=1S/C13H12N2O/c1-8-3-4-12-10(5-8)11-6-9(7-16)14-13(11)15(12)2/h3-7,14H,1-2H3. The summed E-state index contributed by atoms with van der Waals surface area (Å²) in [5, 5.41) is 2.31. The highest BCUT2D eigenvalue weighted by molar-refractivity contribution is 6.08. The number of rotatable bonds is 1. The molecule has 0 spiro atoms. The summed E-state index contributed by atoms with van der Waals surface area (Å²) in [6.45, 7) is 2.07. The predicted molar refractivity (Wildman–Crippen MR) is 64.9 cm³/mol. The van der Waals surface area contributed by atoms with E-state index in [0.717, 1.165) is 17.3 Å². The average Bonchev–Trinajstić information content (AvgIpc) is 2.80. The lowest BCUT2D eigenvalue weighted by Crippen LogP contribution is -1.88. The van der Waals surface area contributed by atoms with Crippen LogP contribution in [0.2, 0.25) is 0 Å². The van der Waals surface area contributed by atoms with E-state index in [1.165, 1.54) is 16.5 Å². The molecule has 3 rings (SSSR count). The van der Waals surface area contributed by atoms with Crippen LogP contribution >= 0.6 is 0 Å². The summed E-state index contributed by atoms with van der Waals surface area (Å²) < 4.78 is 2.08. The first-order valence-electron chi connectivity index (χ1n) is 5.23. The van der Waals surface area contributed by atoms with Gasteiger partial charge in [-0.1, -0.05) is 11.6 Å². The van der Waals surface area contributed by atoms with E-state index in [2.05, 4.69) is 34.7 Å². The molecule has 0 saturated carbocycles. The van der Waals surface area contributed by atoms with Crippen LogP contribution in [0.3, 0.4) is 0 Å². The molecule has 3 nitrogen and oxygen atoms in total. The molecule has 16 heavy (non-hydrogen) atoms. The fraction of sp³-hybridized carbons (Fsp3) is 0.154. The fourth-order valence-electron chi connectivity index (χ4n) is 2.28. The zero-order valence-corrected chi connectivity index (χ0v) is 9.24. The van der Waals surface area contributed by atoms with Crippen molar-refractivity contribution in [1.29, 1.82) is 0 Å². The highest BCUT2D eigenvalue weighted by Crippen LogP contribution is 2.28. The quantitative estimate of drug-likeness (QED) is 0.619. The number of nitrogens with one attached hydrogen (secondary N) is 1. The third-order valence-corrected chi connectivity index (χ3v) is 3.08. The van der Waals surface area contributed by atoms with Crippen LogP contribution in [0.4, 0.5) is 0 Å². The molecule has 0 saturated heterocycles. The molecule has 0 atom stereocenters. The molecule has 1 N–H and O–H groups in total. The van der Waals surface area contributed by atoms with Gasteiger partial charge in [0.1, 0.15) is 5.65 Å². The van der Waals surface area contributed by atoms with Gasteiger partial charge in [-0.15, -0.1) is 0 Å². The van der Waals surface area contributed by atoms with Crippen LogP contribution in [-0.4, -0.2) is 15.8 Å². The molecule has 0 amide bonds. The first-order valence-corrected chi connectivity index (χ1v) is 5.23. The van der Waals surface area contributed by atoms with Crippen LogP contribution in [0.15, 0.2) is 24.3 Å². The summed E-state index contributed by atoms with van der Waals surface area (Å²) in [6, 6.07) is 8.27. The number of benzene rings is 1. The summed E-state index contributed by atoms with van der Waals surface area (Å²) in [7, 11) is 2.01. The Morgan fingerprint density at radius 1 is 1.25 bits per heavy atom. The number of aryl methyl sites for hydroxylation is 2. The molecule has 0 aliphatic heterocycles. The maximum absolute atomic E-state index is 10.7. The number of fused-ring (bicyclic) bond motifs is 3. The number of aldehydes is 1. The van der Waals surface area contributed by atoms with E-state index in [1.54, 1.807) is 0 Å². The number of hydrogen-bond donors (Lipinski definition) is 1. The summed E-state index contributed by atoms with van der Waals surface area (Å²) in [4.78, 5) is 13.9. The lowest BCUT2D eigenvalue weighted by Gasteiger charge is -1.97. The van der Waals surface area contributed by atoms with Gasteiger partial charge in [-0.3, -0.25) is 4.79 Å². The van der Waals surface area contributed by atoms with Gasteiger partial charge in [-0.25, -0.2) is 0 Å². The minimum absolute atomic E-state index is 0.629. The second-order valence-corrected chi connectivity index (χ2v) is 4.18. The second-order valence-electron chi connectivity index (χ2n) is 4.18. The number of hydrogen-bond acceptors (Lipinski definition) is 1. The maximum atomic E-state index is 10.7. The molecule has 80 valence electrons. The van der Waals surface area contributed by atoms with Crippen molar-refractivity contribution in [2.75, 3.05) is 0 Å². The molecule has 0 aliphatic rings. The third-order valence-electron chi connectivity index (χ3n) is 3.08. The molecule has 0 radical (unpaired) electrons. The fourth-order valence-corrected chi connectivity index (χ4v) is 2.28. The minimum Gasteiger partial charge on any atom is -0.338 e. The normalized spacial score (nSPS) is 11.4. The molecular formula is C13H12N2O. The topological polar surface area (TPSA) is 37.8 Å². The summed E-state index contributed by atoms with van der Waals surface area (Å²) >= 11 is 0. The Kier molecular flexibility index (Phi) is 1.72. The van der Waals surface area contributed by atoms with Crippen molar-refractivity contribution >= 4 is 28.2 Å². The van der Waals surface area contributed by atoms with E-state index < -0.39 is 0 Å². The third kappa shape index (κ3) is 1.05. The van der Waals surface area contributed by atoms with Crippen molar-refractivity contribution in [2.24, 2.45) is 7.05 Å². The lowest BCUT2D eigenvalue weighted by atomic mass is 10.1. The first-order chi connectivity index (χ1) is 7.70. The van der Waals surface area contributed by atoms with E-state index in [0.29, 0.717) is 5.69 Å². The van der Waals surface area contributed by atoms with Crippen molar-refractivity contribution in [3.63, 3.8) is 0 Å². The van der Waals surface area contributed by atoms with Crippen LogP contribution in [0.1, 0.15) is 16.1 Å². The Morgan fingerprint density at radius 2 is 2.06 bits per heavy atom. The van der Waals surface area contributed by atoms with Gasteiger partial charge in [-0.2, -0.15) is 0 Å². The number of H-pyrrole nitrogens is 1.